The van der Waals surface area contributed by atoms with Gasteiger partial charge >= 0.3 is 12.1 Å². The number of halogens is 1. The van der Waals surface area contributed by atoms with E-state index >= 15 is 0 Å². The normalized spacial score (nSPS) is 18.4. The zero-order valence-corrected chi connectivity index (χ0v) is 11.8. The van der Waals surface area contributed by atoms with Gasteiger partial charge in [-0.2, -0.15) is 0 Å². The fourth-order valence-corrected chi connectivity index (χ4v) is 2.21. The number of likely N-dealkylation sites (tertiary alicyclic amines) is 1. The Labute approximate surface area is 119 Å². The fourth-order valence-electron chi connectivity index (χ4n) is 1.94. The van der Waals surface area contributed by atoms with Crippen LogP contribution in [0.4, 0.5) is 4.79 Å². The zero-order valence-electron chi connectivity index (χ0n) is 10.2. The first-order valence-electron chi connectivity index (χ1n) is 5.95. The minimum Gasteiger partial charge on any atom is -0.481 e. The number of carbonyl (C=O) groups is 2. The summed E-state index contributed by atoms with van der Waals surface area (Å²) in [5, 5.41) is 8.86. The van der Waals surface area contributed by atoms with Crippen LogP contribution in [0.1, 0.15) is 12.0 Å². The number of aliphatic carboxylic acids is 1. The summed E-state index contributed by atoms with van der Waals surface area (Å²) in [6, 6.07) is 7.47. The molecule has 1 unspecified atom stereocenters. The second-order valence-corrected chi connectivity index (χ2v) is 5.37. The van der Waals surface area contributed by atoms with Crippen molar-refractivity contribution in [3.05, 3.63) is 34.3 Å². The Morgan fingerprint density at radius 1 is 1.37 bits per heavy atom. The predicted molar refractivity (Wildman–Crippen MR) is 71.6 cm³/mol. The number of carboxylic acids is 1. The van der Waals surface area contributed by atoms with Crippen LogP contribution in [0.3, 0.4) is 0 Å². The summed E-state index contributed by atoms with van der Waals surface area (Å²) < 4.78 is 6.12. The molecule has 1 aliphatic rings. The van der Waals surface area contributed by atoms with Gasteiger partial charge in [0.2, 0.25) is 0 Å². The lowest BCUT2D eigenvalue weighted by atomic mass is 10.1. The molecule has 2 rings (SSSR count). The van der Waals surface area contributed by atoms with Gasteiger partial charge in [0.05, 0.1) is 5.92 Å². The van der Waals surface area contributed by atoms with Crippen LogP contribution in [-0.4, -0.2) is 35.2 Å². The average Bonchev–Trinajstić information content (AvgIpc) is 2.87. The number of amides is 1. The van der Waals surface area contributed by atoms with Gasteiger partial charge in [-0.15, -0.1) is 0 Å². The zero-order chi connectivity index (χ0) is 13.8. The lowest BCUT2D eigenvalue weighted by molar-refractivity contribution is -0.141. The maximum absolute atomic E-state index is 11.8. The first kappa shape index (κ1) is 13.9. The molecule has 0 spiro atoms. The minimum atomic E-state index is -0.858. The van der Waals surface area contributed by atoms with Gasteiger partial charge in [0.25, 0.3) is 0 Å². The van der Waals surface area contributed by atoms with Crippen LogP contribution >= 0.6 is 15.9 Å². The van der Waals surface area contributed by atoms with Crippen molar-refractivity contribution < 1.29 is 19.4 Å². The highest BCUT2D eigenvalue weighted by Crippen LogP contribution is 2.18. The van der Waals surface area contributed by atoms with E-state index in [9.17, 15) is 9.59 Å². The SMILES string of the molecule is O=C(O)C1CCN(C(=O)OCc2ccc(Br)cc2)C1. The molecule has 0 saturated carbocycles. The number of carbonyl (C=O) groups excluding carboxylic acids is 1. The molecule has 6 heteroatoms. The predicted octanol–water partition coefficient (Wildman–Crippen LogP) is 2.49. The van der Waals surface area contributed by atoms with E-state index in [4.69, 9.17) is 9.84 Å². The Morgan fingerprint density at radius 3 is 2.63 bits per heavy atom. The van der Waals surface area contributed by atoms with Crippen LogP contribution < -0.4 is 0 Å². The first-order chi connectivity index (χ1) is 9.06. The van der Waals surface area contributed by atoms with Gasteiger partial charge in [0.1, 0.15) is 6.61 Å². The highest BCUT2D eigenvalue weighted by molar-refractivity contribution is 9.10. The van der Waals surface area contributed by atoms with Gasteiger partial charge in [-0.1, -0.05) is 28.1 Å². The number of hydrogen-bond donors (Lipinski definition) is 1. The van der Waals surface area contributed by atoms with Crippen LogP contribution in [0.25, 0.3) is 0 Å². The molecule has 19 heavy (non-hydrogen) atoms. The molecule has 1 N–H and O–H groups in total. The lowest BCUT2D eigenvalue weighted by Crippen LogP contribution is -2.30. The van der Waals surface area contributed by atoms with Crippen LogP contribution in [-0.2, 0) is 16.1 Å². The molecule has 0 aromatic heterocycles. The third-order valence-electron chi connectivity index (χ3n) is 3.07. The van der Waals surface area contributed by atoms with Gasteiger partial charge in [-0.3, -0.25) is 4.79 Å². The van der Waals surface area contributed by atoms with Crippen molar-refractivity contribution in [1.29, 1.82) is 0 Å². The molecule has 1 aromatic carbocycles. The van der Waals surface area contributed by atoms with Crippen molar-refractivity contribution in [2.45, 2.75) is 13.0 Å². The molecule has 102 valence electrons. The lowest BCUT2D eigenvalue weighted by Gasteiger charge is -2.15. The largest absolute Gasteiger partial charge is 0.481 e. The molecule has 0 bridgehead atoms. The Balaban J connectivity index is 1.82. The quantitative estimate of drug-likeness (QED) is 0.926. The number of carboxylic acid groups (broad SMARTS) is 1. The smallest absolute Gasteiger partial charge is 0.410 e. The summed E-state index contributed by atoms with van der Waals surface area (Å²) in [5.74, 6) is -1.33. The summed E-state index contributed by atoms with van der Waals surface area (Å²) in [6.45, 7) is 0.866. The average molecular weight is 328 g/mol. The van der Waals surface area contributed by atoms with Crippen LogP contribution in [0.5, 0.6) is 0 Å². The molecule has 1 aliphatic heterocycles. The van der Waals surface area contributed by atoms with E-state index < -0.39 is 18.0 Å². The van der Waals surface area contributed by atoms with E-state index in [2.05, 4.69) is 15.9 Å². The number of rotatable bonds is 3. The molecule has 1 saturated heterocycles. The summed E-state index contributed by atoms with van der Waals surface area (Å²) in [5.41, 5.74) is 0.894. The van der Waals surface area contributed by atoms with Crippen molar-refractivity contribution in [3.63, 3.8) is 0 Å². The summed E-state index contributed by atoms with van der Waals surface area (Å²) in [4.78, 5) is 24.0. The van der Waals surface area contributed by atoms with Gasteiger partial charge < -0.3 is 14.7 Å². The maximum Gasteiger partial charge on any atom is 0.410 e. The number of nitrogens with zero attached hydrogens (tertiary/aromatic N) is 1. The Morgan fingerprint density at radius 2 is 2.05 bits per heavy atom. The molecular formula is C13H14BrNO4. The van der Waals surface area contributed by atoms with Gasteiger partial charge in [-0.05, 0) is 24.1 Å². The van der Waals surface area contributed by atoms with Crippen LogP contribution in [0.15, 0.2) is 28.7 Å². The molecule has 1 aromatic rings. The second-order valence-electron chi connectivity index (χ2n) is 4.45. The molecule has 5 nitrogen and oxygen atoms in total. The molecule has 0 aliphatic carbocycles. The van der Waals surface area contributed by atoms with Crippen molar-refractivity contribution >= 4 is 28.0 Å². The van der Waals surface area contributed by atoms with Crippen LogP contribution in [0, 0.1) is 5.92 Å². The number of ether oxygens (including phenoxy) is 1. The molecule has 0 radical (unpaired) electrons. The minimum absolute atomic E-state index is 0.195. The van der Waals surface area contributed by atoms with E-state index in [1.165, 1.54) is 4.90 Å². The highest BCUT2D eigenvalue weighted by atomic mass is 79.9. The number of hydrogen-bond acceptors (Lipinski definition) is 3. The van der Waals surface area contributed by atoms with Crippen molar-refractivity contribution in [1.82, 2.24) is 4.90 Å². The van der Waals surface area contributed by atoms with Crippen LogP contribution in [0.2, 0.25) is 0 Å². The third kappa shape index (κ3) is 3.70. The van der Waals surface area contributed by atoms with Gasteiger partial charge in [-0.25, -0.2) is 4.79 Å². The Bertz CT molecular complexity index is 474. The van der Waals surface area contributed by atoms with Gasteiger partial charge in [0, 0.05) is 17.6 Å². The van der Waals surface area contributed by atoms with Crippen molar-refractivity contribution in [3.8, 4) is 0 Å². The Hall–Kier alpha value is -1.56. The summed E-state index contributed by atoms with van der Waals surface area (Å²) in [6.07, 6.45) is 0.0366. The highest BCUT2D eigenvalue weighted by Gasteiger charge is 2.31. The molecule has 1 heterocycles. The van der Waals surface area contributed by atoms with Crippen molar-refractivity contribution in [2.24, 2.45) is 5.92 Å². The summed E-state index contributed by atoms with van der Waals surface area (Å²) in [7, 11) is 0. The van der Waals surface area contributed by atoms with E-state index in [1.54, 1.807) is 0 Å². The van der Waals surface area contributed by atoms with Crippen molar-refractivity contribution in [2.75, 3.05) is 13.1 Å². The first-order valence-corrected chi connectivity index (χ1v) is 6.74. The Kier molecular flexibility index (Phi) is 4.42. The van der Waals surface area contributed by atoms with Gasteiger partial charge in [0.15, 0.2) is 0 Å². The molecule has 1 atom stereocenters. The monoisotopic (exact) mass is 327 g/mol. The van der Waals surface area contributed by atoms with E-state index in [0.717, 1.165) is 10.0 Å². The fraction of sp³-hybridized carbons (Fsp3) is 0.385. The topological polar surface area (TPSA) is 66.8 Å². The number of benzene rings is 1. The van der Waals surface area contributed by atoms with E-state index in [1.807, 2.05) is 24.3 Å². The molecule has 1 fully saturated rings. The molecule has 1 amide bonds. The van der Waals surface area contributed by atoms with E-state index in [0.29, 0.717) is 13.0 Å². The molecular weight excluding hydrogens is 314 g/mol. The maximum atomic E-state index is 11.8. The van der Waals surface area contributed by atoms with E-state index in [-0.39, 0.29) is 13.2 Å². The summed E-state index contributed by atoms with van der Waals surface area (Å²) >= 11 is 3.33. The second kappa shape index (κ2) is 6.06. The third-order valence-corrected chi connectivity index (χ3v) is 3.60. The standard InChI is InChI=1S/C13H14BrNO4/c14-11-3-1-9(2-4-11)8-19-13(18)15-6-5-10(7-15)12(16)17/h1-4,10H,5-8H2,(H,16,17).